The zero-order chi connectivity index (χ0) is 16.8. The van der Waals surface area contributed by atoms with Crippen molar-refractivity contribution in [1.29, 1.82) is 0 Å². The number of aromatic nitrogens is 1. The lowest BCUT2D eigenvalue weighted by atomic mass is 10.2. The Labute approximate surface area is 134 Å². The average molecular weight is 335 g/mol. The first-order valence-electron chi connectivity index (χ1n) is 7.10. The van der Waals surface area contributed by atoms with Gasteiger partial charge in [-0.2, -0.15) is 4.31 Å². The van der Waals surface area contributed by atoms with Gasteiger partial charge < -0.3 is 9.84 Å². The summed E-state index contributed by atoms with van der Waals surface area (Å²) in [6, 6.07) is 4.67. The summed E-state index contributed by atoms with van der Waals surface area (Å²) in [5, 5.41) is 6.53. The van der Waals surface area contributed by atoms with Gasteiger partial charge in [0, 0.05) is 24.8 Å². The van der Waals surface area contributed by atoms with E-state index < -0.39 is 10.0 Å². The molecule has 0 saturated carbocycles. The fourth-order valence-electron chi connectivity index (χ4n) is 2.58. The van der Waals surface area contributed by atoms with E-state index in [1.165, 1.54) is 17.4 Å². The largest absolute Gasteiger partial charge is 0.361 e. The zero-order valence-corrected chi connectivity index (χ0v) is 13.9. The van der Waals surface area contributed by atoms with Crippen molar-refractivity contribution < 1.29 is 17.7 Å². The Morgan fingerprint density at radius 3 is 2.74 bits per heavy atom. The molecule has 3 rings (SSSR count). The molecule has 0 aliphatic carbocycles. The lowest BCUT2D eigenvalue weighted by Crippen LogP contribution is -2.27. The highest BCUT2D eigenvalue weighted by atomic mass is 32.2. The molecule has 0 atom stereocenters. The summed E-state index contributed by atoms with van der Waals surface area (Å²) in [7, 11) is -2.15. The minimum absolute atomic E-state index is 0.126. The Balaban J connectivity index is 1.90. The van der Waals surface area contributed by atoms with Gasteiger partial charge in [-0.15, -0.1) is 0 Å². The molecule has 23 heavy (non-hydrogen) atoms. The van der Waals surface area contributed by atoms with Crippen LogP contribution in [0, 0.1) is 13.8 Å². The predicted molar refractivity (Wildman–Crippen MR) is 83.4 cm³/mol. The van der Waals surface area contributed by atoms with E-state index in [1.807, 2.05) is 0 Å². The number of fused-ring (bicyclic) bond motifs is 1. The van der Waals surface area contributed by atoms with Crippen LogP contribution in [-0.4, -0.2) is 30.8 Å². The Bertz CT molecular complexity index is 867. The second-order valence-electron chi connectivity index (χ2n) is 5.61. The summed E-state index contributed by atoms with van der Waals surface area (Å²) in [6.45, 7) is 3.71. The zero-order valence-electron chi connectivity index (χ0n) is 13.1. The number of carbonyl (C=O) groups is 1. The van der Waals surface area contributed by atoms with Crippen molar-refractivity contribution in [3.63, 3.8) is 0 Å². The Morgan fingerprint density at radius 1 is 1.35 bits per heavy atom. The number of hydrogen-bond donors (Lipinski definition) is 1. The second-order valence-corrected chi connectivity index (χ2v) is 7.65. The third-order valence-corrected chi connectivity index (χ3v) is 5.77. The van der Waals surface area contributed by atoms with E-state index in [2.05, 4.69) is 10.5 Å². The lowest BCUT2D eigenvalue weighted by molar-refractivity contribution is -0.115. The van der Waals surface area contributed by atoms with Crippen LogP contribution < -0.4 is 5.32 Å². The number of anilines is 1. The van der Waals surface area contributed by atoms with Crippen molar-refractivity contribution in [3.05, 3.63) is 40.8 Å². The SMILES string of the molecule is Cc1noc(C)c1CN(C)S(=O)(=O)c1ccc2c(c1)CC(=O)N2. The summed E-state index contributed by atoms with van der Waals surface area (Å²) in [5.41, 5.74) is 2.80. The minimum Gasteiger partial charge on any atom is -0.361 e. The molecule has 0 fully saturated rings. The van der Waals surface area contributed by atoms with E-state index in [-0.39, 0.29) is 23.8 Å². The Hall–Kier alpha value is -2.19. The summed E-state index contributed by atoms with van der Waals surface area (Å²) < 4.78 is 31.8. The van der Waals surface area contributed by atoms with E-state index in [1.54, 1.807) is 26.0 Å². The van der Waals surface area contributed by atoms with E-state index in [0.29, 0.717) is 22.7 Å². The maximum atomic E-state index is 12.7. The van der Waals surface area contributed by atoms with Gasteiger partial charge in [0.15, 0.2) is 0 Å². The molecule has 122 valence electrons. The van der Waals surface area contributed by atoms with Crippen molar-refractivity contribution in [3.8, 4) is 0 Å². The number of rotatable bonds is 4. The standard InChI is InChI=1S/C15H17N3O4S/c1-9-13(10(2)22-17-9)8-18(3)23(20,21)12-4-5-14-11(6-12)7-15(19)16-14/h4-6H,7-8H2,1-3H3,(H,16,19). The molecule has 1 amide bonds. The number of amides is 1. The molecule has 1 aliphatic rings. The molecule has 0 unspecified atom stereocenters. The lowest BCUT2D eigenvalue weighted by Gasteiger charge is -2.17. The summed E-state index contributed by atoms with van der Waals surface area (Å²) in [5.74, 6) is 0.479. The Morgan fingerprint density at radius 2 is 2.09 bits per heavy atom. The number of benzene rings is 1. The van der Waals surface area contributed by atoms with Gasteiger partial charge in [0.1, 0.15) is 5.76 Å². The van der Waals surface area contributed by atoms with Crippen LogP contribution in [0.15, 0.2) is 27.6 Å². The van der Waals surface area contributed by atoms with Gasteiger partial charge >= 0.3 is 0 Å². The van der Waals surface area contributed by atoms with Crippen LogP contribution >= 0.6 is 0 Å². The smallest absolute Gasteiger partial charge is 0.243 e. The molecule has 8 heteroatoms. The van der Waals surface area contributed by atoms with Crippen LogP contribution in [-0.2, 0) is 27.8 Å². The quantitative estimate of drug-likeness (QED) is 0.916. The van der Waals surface area contributed by atoms with Crippen LogP contribution in [0.5, 0.6) is 0 Å². The van der Waals surface area contributed by atoms with Crippen LogP contribution in [0.1, 0.15) is 22.6 Å². The Kier molecular flexibility index (Phi) is 3.73. The molecule has 1 aromatic carbocycles. The fraction of sp³-hybridized carbons (Fsp3) is 0.333. The highest BCUT2D eigenvalue weighted by molar-refractivity contribution is 7.89. The van der Waals surface area contributed by atoms with E-state index in [0.717, 1.165) is 5.56 Å². The first-order valence-corrected chi connectivity index (χ1v) is 8.54. The van der Waals surface area contributed by atoms with Crippen molar-refractivity contribution in [2.75, 3.05) is 12.4 Å². The fourth-order valence-corrected chi connectivity index (χ4v) is 3.77. The molecule has 0 bridgehead atoms. The van der Waals surface area contributed by atoms with Crippen LogP contribution in [0.25, 0.3) is 0 Å². The van der Waals surface area contributed by atoms with E-state index in [9.17, 15) is 13.2 Å². The van der Waals surface area contributed by atoms with Crippen molar-refractivity contribution in [1.82, 2.24) is 9.46 Å². The normalized spacial score (nSPS) is 14.2. The number of nitrogens with zero attached hydrogens (tertiary/aromatic N) is 2. The van der Waals surface area contributed by atoms with Gasteiger partial charge in [-0.25, -0.2) is 8.42 Å². The molecular weight excluding hydrogens is 318 g/mol. The molecule has 1 N–H and O–H groups in total. The highest BCUT2D eigenvalue weighted by Crippen LogP contribution is 2.27. The first-order chi connectivity index (χ1) is 10.8. The molecule has 2 heterocycles. The second kappa shape index (κ2) is 5.47. The summed E-state index contributed by atoms with van der Waals surface area (Å²) in [4.78, 5) is 11.6. The van der Waals surface area contributed by atoms with Crippen molar-refractivity contribution >= 4 is 21.6 Å². The third-order valence-electron chi connectivity index (χ3n) is 3.97. The van der Waals surface area contributed by atoms with Gasteiger partial charge in [-0.1, -0.05) is 5.16 Å². The first kappa shape index (κ1) is 15.7. The van der Waals surface area contributed by atoms with Crippen LogP contribution in [0.3, 0.4) is 0 Å². The summed E-state index contributed by atoms with van der Waals surface area (Å²) in [6.07, 6.45) is 0.201. The van der Waals surface area contributed by atoms with E-state index in [4.69, 9.17) is 4.52 Å². The molecule has 7 nitrogen and oxygen atoms in total. The molecule has 2 aromatic rings. The molecular formula is C15H17N3O4S. The maximum absolute atomic E-state index is 12.7. The van der Waals surface area contributed by atoms with Crippen molar-refractivity contribution in [2.24, 2.45) is 0 Å². The van der Waals surface area contributed by atoms with Gasteiger partial charge in [0.25, 0.3) is 0 Å². The molecule has 0 spiro atoms. The van der Waals surface area contributed by atoms with Crippen LogP contribution in [0.2, 0.25) is 0 Å². The number of hydrogen-bond acceptors (Lipinski definition) is 5. The van der Waals surface area contributed by atoms with Crippen LogP contribution in [0.4, 0.5) is 5.69 Å². The van der Waals surface area contributed by atoms with E-state index >= 15 is 0 Å². The average Bonchev–Trinajstić information content (AvgIpc) is 3.01. The van der Waals surface area contributed by atoms with Gasteiger partial charge in [0.05, 0.1) is 17.0 Å². The minimum atomic E-state index is -3.66. The maximum Gasteiger partial charge on any atom is 0.243 e. The van der Waals surface area contributed by atoms with Gasteiger partial charge in [-0.3, -0.25) is 4.79 Å². The predicted octanol–water partition coefficient (Wildman–Crippen LogP) is 1.61. The number of carbonyl (C=O) groups excluding carboxylic acids is 1. The number of aryl methyl sites for hydroxylation is 2. The monoisotopic (exact) mass is 335 g/mol. The molecule has 0 radical (unpaired) electrons. The number of nitrogens with one attached hydrogen (secondary N) is 1. The molecule has 1 aromatic heterocycles. The van der Waals surface area contributed by atoms with Gasteiger partial charge in [0.2, 0.25) is 15.9 Å². The number of sulfonamides is 1. The summed E-state index contributed by atoms with van der Waals surface area (Å²) >= 11 is 0. The topological polar surface area (TPSA) is 92.5 Å². The third kappa shape index (κ3) is 2.75. The highest BCUT2D eigenvalue weighted by Gasteiger charge is 2.26. The molecule has 1 aliphatic heterocycles. The molecule has 0 saturated heterocycles. The van der Waals surface area contributed by atoms with Crippen molar-refractivity contribution in [2.45, 2.75) is 31.7 Å². The van der Waals surface area contributed by atoms with Gasteiger partial charge in [-0.05, 0) is 37.6 Å².